The number of nitrogens with zero attached hydrogens (tertiary/aromatic N) is 2. The van der Waals surface area contributed by atoms with E-state index in [1.807, 2.05) is 6.92 Å². The second-order valence-electron chi connectivity index (χ2n) is 3.22. The number of hydrogen-bond acceptors (Lipinski definition) is 4. The van der Waals surface area contributed by atoms with Crippen LogP contribution in [0.25, 0.3) is 0 Å². The van der Waals surface area contributed by atoms with Crippen molar-refractivity contribution < 1.29 is 4.79 Å². The molecule has 14 heavy (non-hydrogen) atoms. The molecule has 0 fully saturated rings. The van der Waals surface area contributed by atoms with E-state index in [1.54, 1.807) is 12.4 Å². The number of anilines is 1. The molecule has 0 bridgehead atoms. The van der Waals surface area contributed by atoms with E-state index in [2.05, 4.69) is 15.3 Å². The minimum atomic E-state index is -0.0576. The van der Waals surface area contributed by atoms with Gasteiger partial charge in [0.2, 0.25) is 5.91 Å². The van der Waals surface area contributed by atoms with Crippen molar-refractivity contribution in [2.45, 2.75) is 13.3 Å². The van der Waals surface area contributed by atoms with Crippen molar-refractivity contribution in [1.82, 2.24) is 9.97 Å². The predicted octanol–water partition coefficient (Wildman–Crippen LogP) is 0.400. The van der Waals surface area contributed by atoms with Gasteiger partial charge in [0.25, 0.3) is 0 Å². The van der Waals surface area contributed by atoms with Gasteiger partial charge < -0.3 is 11.1 Å². The van der Waals surface area contributed by atoms with Crippen LogP contribution >= 0.6 is 0 Å². The summed E-state index contributed by atoms with van der Waals surface area (Å²) in [5.41, 5.74) is 6.02. The highest BCUT2D eigenvalue weighted by Crippen LogP contribution is 2.04. The Morgan fingerprint density at radius 3 is 2.79 bits per heavy atom. The molecule has 1 atom stereocenters. The normalized spacial score (nSPS) is 12.1. The van der Waals surface area contributed by atoms with Gasteiger partial charge in [0.15, 0.2) is 0 Å². The van der Waals surface area contributed by atoms with Gasteiger partial charge in [-0.3, -0.25) is 4.79 Å². The van der Waals surface area contributed by atoms with Gasteiger partial charge in [-0.2, -0.15) is 0 Å². The van der Waals surface area contributed by atoms with Gasteiger partial charge in [0.05, 0.1) is 18.1 Å². The van der Waals surface area contributed by atoms with Crippen molar-refractivity contribution in [2.75, 3.05) is 11.9 Å². The van der Waals surface area contributed by atoms with E-state index in [0.29, 0.717) is 18.7 Å². The standard InChI is InChI=1S/C9H14N4O/c1-7(3-10)2-9(14)13-8-4-11-6-12-5-8/h4-7H,2-3,10H2,1H3,(H,13,14). The van der Waals surface area contributed by atoms with E-state index in [0.717, 1.165) is 0 Å². The number of amides is 1. The summed E-state index contributed by atoms with van der Waals surface area (Å²) in [5.74, 6) is 0.136. The Labute approximate surface area is 82.7 Å². The Bertz CT molecular complexity index is 288. The fourth-order valence-electron chi connectivity index (χ4n) is 0.975. The van der Waals surface area contributed by atoms with Crippen molar-refractivity contribution >= 4 is 11.6 Å². The first kappa shape index (κ1) is 10.6. The average molecular weight is 194 g/mol. The van der Waals surface area contributed by atoms with E-state index in [9.17, 15) is 4.79 Å². The van der Waals surface area contributed by atoms with Crippen LogP contribution in [-0.2, 0) is 4.79 Å². The third-order valence-corrected chi connectivity index (χ3v) is 1.78. The highest BCUT2D eigenvalue weighted by atomic mass is 16.1. The number of nitrogens with two attached hydrogens (primary N) is 1. The van der Waals surface area contributed by atoms with Gasteiger partial charge >= 0.3 is 0 Å². The summed E-state index contributed by atoms with van der Waals surface area (Å²) in [4.78, 5) is 18.9. The maximum absolute atomic E-state index is 11.4. The lowest BCUT2D eigenvalue weighted by molar-refractivity contribution is -0.116. The number of aromatic nitrogens is 2. The zero-order chi connectivity index (χ0) is 10.4. The third kappa shape index (κ3) is 3.49. The lowest BCUT2D eigenvalue weighted by Crippen LogP contribution is -2.20. The summed E-state index contributed by atoms with van der Waals surface area (Å²) in [5, 5.41) is 2.69. The first-order valence-electron chi connectivity index (χ1n) is 4.47. The molecule has 5 nitrogen and oxygen atoms in total. The largest absolute Gasteiger partial charge is 0.330 e. The second kappa shape index (κ2) is 5.29. The van der Waals surface area contributed by atoms with Crippen molar-refractivity contribution in [1.29, 1.82) is 0 Å². The van der Waals surface area contributed by atoms with Crippen LogP contribution in [0.15, 0.2) is 18.7 Å². The van der Waals surface area contributed by atoms with Crippen LogP contribution in [0.1, 0.15) is 13.3 Å². The van der Waals surface area contributed by atoms with Gasteiger partial charge in [0, 0.05) is 6.42 Å². The first-order chi connectivity index (χ1) is 6.72. The molecular formula is C9H14N4O. The lowest BCUT2D eigenvalue weighted by Gasteiger charge is -2.08. The Morgan fingerprint density at radius 1 is 1.57 bits per heavy atom. The van der Waals surface area contributed by atoms with Crippen LogP contribution in [0.5, 0.6) is 0 Å². The molecule has 0 saturated heterocycles. The number of rotatable bonds is 4. The van der Waals surface area contributed by atoms with E-state index in [4.69, 9.17) is 5.73 Å². The van der Waals surface area contributed by atoms with Crippen LogP contribution in [0, 0.1) is 5.92 Å². The minimum Gasteiger partial charge on any atom is -0.330 e. The zero-order valence-corrected chi connectivity index (χ0v) is 8.10. The summed E-state index contributed by atoms with van der Waals surface area (Å²) in [6.45, 7) is 2.44. The highest BCUT2D eigenvalue weighted by Gasteiger charge is 2.07. The minimum absolute atomic E-state index is 0.0576. The quantitative estimate of drug-likeness (QED) is 0.727. The molecule has 3 N–H and O–H groups in total. The summed E-state index contributed by atoms with van der Waals surface area (Å²) in [6, 6.07) is 0. The number of hydrogen-bond donors (Lipinski definition) is 2. The molecule has 0 aliphatic heterocycles. The molecule has 1 heterocycles. The van der Waals surface area contributed by atoms with E-state index < -0.39 is 0 Å². The van der Waals surface area contributed by atoms with E-state index in [1.165, 1.54) is 6.33 Å². The molecular weight excluding hydrogens is 180 g/mol. The Morgan fingerprint density at radius 2 is 2.21 bits per heavy atom. The molecule has 1 unspecified atom stereocenters. The third-order valence-electron chi connectivity index (χ3n) is 1.78. The maximum Gasteiger partial charge on any atom is 0.224 e. The zero-order valence-electron chi connectivity index (χ0n) is 8.10. The van der Waals surface area contributed by atoms with Crippen LogP contribution in [0.4, 0.5) is 5.69 Å². The van der Waals surface area contributed by atoms with Crippen molar-refractivity contribution in [2.24, 2.45) is 11.7 Å². The van der Waals surface area contributed by atoms with Crippen molar-refractivity contribution in [3.05, 3.63) is 18.7 Å². The predicted molar refractivity (Wildman–Crippen MR) is 53.5 cm³/mol. The Hall–Kier alpha value is -1.49. The molecule has 5 heteroatoms. The van der Waals surface area contributed by atoms with E-state index in [-0.39, 0.29) is 11.8 Å². The molecule has 0 aromatic carbocycles. The lowest BCUT2D eigenvalue weighted by atomic mass is 10.1. The molecule has 0 saturated carbocycles. The van der Waals surface area contributed by atoms with Crippen LogP contribution in [-0.4, -0.2) is 22.4 Å². The van der Waals surface area contributed by atoms with Crippen LogP contribution in [0.3, 0.4) is 0 Å². The monoisotopic (exact) mass is 194 g/mol. The molecule has 0 spiro atoms. The van der Waals surface area contributed by atoms with Gasteiger partial charge in [-0.05, 0) is 12.5 Å². The summed E-state index contributed by atoms with van der Waals surface area (Å²) < 4.78 is 0. The van der Waals surface area contributed by atoms with Gasteiger partial charge in [-0.1, -0.05) is 6.92 Å². The maximum atomic E-state index is 11.4. The van der Waals surface area contributed by atoms with Gasteiger partial charge in [-0.15, -0.1) is 0 Å². The Kier molecular flexibility index (Phi) is 4.00. The summed E-state index contributed by atoms with van der Waals surface area (Å²) in [6.07, 6.45) is 4.94. The SMILES string of the molecule is CC(CN)CC(=O)Nc1cncnc1. The van der Waals surface area contributed by atoms with Crippen LogP contribution in [0.2, 0.25) is 0 Å². The van der Waals surface area contributed by atoms with Crippen molar-refractivity contribution in [3.63, 3.8) is 0 Å². The number of nitrogens with one attached hydrogen (secondary N) is 1. The topological polar surface area (TPSA) is 80.9 Å². The van der Waals surface area contributed by atoms with Crippen molar-refractivity contribution in [3.8, 4) is 0 Å². The van der Waals surface area contributed by atoms with E-state index >= 15 is 0 Å². The number of carbonyl (C=O) groups is 1. The highest BCUT2D eigenvalue weighted by molar-refractivity contribution is 5.90. The molecule has 0 aliphatic carbocycles. The average Bonchev–Trinajstić information content (AvgIpc) is 2.19. The smallest absolute Gasteiger partial charge is 0.224 e. The second-order valence-corrected chi connectivity index (χ2v) is 3.22. The molecule has 1 aromatic rings. The molecule has 1 amide bonds. The Balaban J connectivity index is 2.42. The van der Waals surface area contributed by atoms with Gasteiger partial charge in [-0.25, -0.2) is 9.97 Å². The molecule has 0 aliphatic rings. The van der Waals surface area contributed by atoms with Crippen LogP contribution < -0.4 is 11.1 Å². The molecule has 1 rings (SSSR count). The summed E-state index contributed by atoms with van der Waals surface area (Å²) in [7, 11) is 0. The number of carbonyl (C=O) groups excluding carboxylic acids is 1. The summed E-state index contributed by atoms with van der Waals surface area (Å²) >= 11 is 0. The molecule has 76 valence electrons. The van der Waals surface area contributed by atoms with Gasteiger partial charge in [0.1, 0.15) is 6.33 Å². The fourth-order valence-corrected chi connectivity index (χ4v) is 0.975. The molecule has 0 radical (unpaired) electrons. The molecule has 1 aromatic heterocycles. The first-order valence-corrected chi connectivity index (χ1v) is 4.47. The fraction of sp³-hybridized carbons (Fsp3) is 0.444.